The zero-order chi connectivity index (χ0) is 18.5. The average Bonchev–Trinajstić information content (AvgIpc) is 3.13. The number of ether oxygens (including phenoxy) is 2. The van der Waals surface area contributed by atoms with Gasteiger partial charge in [0.2, 0.25) is 0 Å². The minimum Gasteiger partial charge on any atom is -0.493 e. The molecule has 26 heavy (non-hydrogen) atoms. The van der Waals surface area contributed by atoms with Gasteiger partial charge in [-0.25, -0.2) is 4.98 Å². The van der Waals surface area contributed by atoms with Crippen LogP contribution in [-0.4, -0.2) is 19.2 Å². The van der Waals surface area contributed by atoms with Gasteiger partial charge in [0.1, 0.15) is 5.01 Å². The van der Waals surface area contributed by atoms with Gasteiger partial charge in [-0.05, 0) is 41.5 Å². The van der Waals surface area contributed by atoms with E-state index in [0.29, 0.717) is 34.6 Å². The van der Waals surface area contributed by atoms with Crippen molar-refractivity contribution in [3.63, 3.8) is 0 Å². The maximum absolute atomic E-state index is 6.04. The number of nitrogens with zero attached hydrogens (tertiary/aromatic N) is 1. The van der Waals surface area contributed by atoms with Gasteiger partial charge in [-0.1, -0.05) is 29.3 Å². The lowest BCUT2D eigenvalue weighted by atomic mass is 10.2. The minimum absolute atomic E-state index is 0.565. The third-order valence-electron chi connectivity index (χ3n) is 3.81. The highest BCUT2D eigenvalue weighted by atomic mass is 35.5. The van der Waals surface area contributed by atoms with Crippen LogP contribution in [0.25, 0.3) is 10.4 Å². The molecule has 7 heteroatoms. The predicted octanol–water partition coefficient (Wildman–Crippen LogP) is 5.42. The molecule has 4 nitrogen and oxygen atoms in total. The summed E-state index contributed by atoms with van der Waals surface area (Å²) in [6.45, 7) is 1.38. The van der Waals surface area contributed by atoms with E-state index in [9.17, 15) is 0 Å². The summed E-state index contributed by atoms with van der Waals surface area (Å²) in [4.78, 5) is 5.57. The van der Waals surface area contributed by atoms with Crippen molar-refractivity contribution >= 4 is 34.5 Å². The fraction of sp³-hybridized carbons (Fsp3) is 0.211. The maximum Gasteiger partial charge on any atom is 0.161 e. The van der Waals surface area contributed by atoms with Crippen LogP contribution in [0.5, 0.6) is 11.5 Å². The molecule has 0 bridgehead atoms. The van der Waals surface area contributed by atoms with E-state index in [-0.39, 0.29) is 0 Å². The van der Waals surface area contributed by atoms with Crippen LogP contribution in [0.15, 0.2) is 42.6 Å². The van der Waals surface area contributed by atoms with Crippen LogP contribution in [0, 0.1) is 0 Å². The molecule has 0 saturated heterocycles. The summed E-state index contributed by atoms with van der Waals surface area (Å²) in [5.41, 5.74) is 2.13. The summed E-state index contributed by atoms with van der Waals surface area (Å²) >= 11 is 13.6. The third-order valence-corrected chi connectivity index (χ3v) is 5.60. The minimum atomic E-state index is 0.565. The Morgan fingerprint density at radius 2 is 1.77 bits per heavy atom. The lowest BCUT2D eigenvalue weighted by Crippen LogP contribution is -2.12. The first-order valence-corrected chi connectivity index (χ1v) is 9.49. The second-order valence-electron chi connectivity index (χ2n) is 5.54. The monoisotopic (exact) mass is 408 g/mol. The van der Waals surface area contributed by atoms with Gasteiger partial charge in [0.15, 0.2) is 11.5 Å². The van der Waals surface area contributed by atoms with Crippen molar-refractivity contribution in [3.05, 3.63) is 63.2 Å². The molecule has 3 rings (SSSR count). The van der Waals surface area contributed by atoms with Crippen LogP contribution in [-0.2, 0) is 13.1 Å². The van der Waals surface area contributed by atoms with E-state index in [2.05, 4.69) is 10.3 Å². The molecule has 3 aromatic rings. The summed E-state index contributed by atoms with van der Waals surface area (Å²) in [6, 6.07) is 11.5. The van der Waals surface area contributed by atoms with Crippen LogP contribution in [0.2, 0.25) is 10.0 Å². The van der Waals surface area contributed by atoms with Crippen molar-refractivity contribution in [2.75, 3.05) is 14.2 Å². The van der Waals surface area contributed by atoms with Gasteiger partial charge in [0.05, 0.1) is 29.1 Å². The summed E-state index contributed by atoms with van der Waals surface area (Å²) in [6.07, 6.45) is 1.88. The number of hydrogen-bond donors (Lipinski definition) is 1. The molecule has 0 amide bonds. The normalized spacial score (nSPS) is 10.8. The fourth-order valence-electron chi connectivity index (χ4n) is 2.48. The molecule has 0 saturated carbocycles. The molecule has 0 radical (unpaired) electrons. The van der Waals surface area contributed by atoms with Gasteiger partial charge in [-0.2, -0.15) is 0 Å². The number of hydrogen-bond acceptors (Lipinski definition) is 5. The number of nitrogens with one attached hydrogen (secondary N) is 1. The Kier molecular flexibility index (Phi) is 6.38. The Hall–Kier alpha value is -1.79. The third kappa shape index (κ3) is 4.48. The highest BCUT2D eigenvalue weighted by Gasteiger charge is 2.09. The van der Waals surface area contributed by atoms with Crippen molar-refractivity contribution in [1.29, 1.82) is 0 Å². The second-order valence-corrected chi connectivity index (χ2v) is 7.47. The maximum atomic E-state index is 6.04. The molecule has 2 aromatic carbocycles. The molecule has 0 aliphatic heterocycles. The zero-order valence-electron chi connectivity index (χ0n) is 14.4. The van der Waals surface area contributed by atoms with Gasteiger partial charge >= 0.3 is 0 Å². The van der Waals surface area contributed by atoms with Crippen molar-refractivity contribution in [2.24, 2.45) is 0 Å². The molecule has 0 fully saturated rings. The molecule has 0 atom stereocenters. The van der Waals surface area contributed by atoms with E-state index in [1.54, 1.807) is 31.6 Å². The van der Waals surface area contributed by atoms with E-state index < -0.39 is 0 Å². The van der Waals surface area contributed by atoms with Gasteiger partial charge in [-0.3, -0.25) is 0 Å². The Balaban J connectivity index is 1.63. The highest BCUT2D eigenvalue weighted by molar-refractivity contribution is 7.15. The SMILES string of the molecule is COc1ccc(-c2cnc(CNCc3ccc(Cl)c(Cl)c3)s2)cc1OC. The number of benzene rings is 2. The van der Waals surface area contributed by atoms with Crippen molar-refractivity contribution in [3.8, 4) is 21.9 Å². The van der Waals surface area contributed by atoms with E-state index >= 15 is 0 Å². The standard InChI is InChI=1S/C19H18Cl2N2O2S/c1-24-16-6-4-13(8-17(16)25-2)18-10-23-19(26-18)11-22-9-12-3-5-14(20)15(21)7-12/h3-8,10,22H,9,11H2,1-2H3. The van der Waals surface area contributed by atoms with Crippen molar-refractivity contribution in [2.45, 2.75) is 13.1 Å². The van der Waals surface area contributed by atoms with Gasteiger partial charge in [0.25, 0.3) is 0 Å². The molecule has 1 N–H and O–H groups in total. The first-order valence-electron chi connectivity index (χ1n) is 7.92. The first kappa shape index (κ1) is 19.0. The number of methoxy groups -OCH3 is 2. The fourth-order valence-corrected chi connectivity index (χ4v) is 3.68. The van der Waals surface area contributed by atoms with E-state index in [1.807, 2.05) is 36.5 Å². The smallest absolute Gasteiger partial charge is 0.161 e. The molecular formula is C19H18Cl2N2O2S. The van der Waals surface area contributed by atoms with Crippen molar-refractivity contribution in [1.82, 2.24) is 10.3 Å². The zero-order valence-corrected chi connectivity index (χ0v) is 16.7. The first-order chi connectivity index (χ1) is 12.6. The summed E-state index contributed by atoms with van der Waals surface area (Å²) in [7, 11) is 3.26. The second kappa shape index (κ2) is 8.73. The Bertz CT molecular complexity index is 899. The van der Waals surface area contributed by atoms with Crippen LogP contribution in [0.3, 0.4) is 0 Å². The van der Waals surface area contributed by atoms with Gasteiger partial charge < -0.3 is 14.8 Å². The number of aromatic nitrogens is 1. The average molecular weight is 409 g/mol. The Labute approximate surface area is 166 Å². The Morgan fingerprint density at radius 1 is 0.962 bits per heavy atom. The predicted molar refractivity (Wildman–Crippen MR) is 108 cm³/mol. The van der Waals surface area contributed by atoms with E-state index in [1.165, 1.54) is 0 Å². The van der Waals surface area contributed by atoms with E-state index in [0.717, 1.165) is 21.0 Å². The summed E-state index contributed by atoms with van der Waals surface area (Å²) in [5, 5.41) is 5.51. The number of rotatable bonds is 7. The lowest BCUT2D eigenvalue weighted by molar-refractivity contribution is 0.355. The summed E-state index contributed by atoms with van der Waals surface area (Å²) in [5.74, 6) is 1.42. The van der Waals surface area contributed by atoms with Crippen LogP contribution < -0.4 is 14.8 Å². The molecule has 0 unspecified atom stereocenters. The molecule has 0 spiro atoms. The Morgan fingerprint density at radius 3 is 2.50 bits per heavy atom. The molecule has 136 valence electrons. The quantitative estimate of drug-likeness (QED) is 0.566. The van der Waals surface area contributed by atoms with Crippen LogP contribution in [0.1, 0.15) is 10.6 Å². The van der Waals surface area contributed by atoms with Crippen LogP contribution in [0.4, 0.5) is 0 Å². The van der Waals surface area contributed by atoms with Crippen LogP contribution >= 0.6 is 34.5 Å². The van der Waals surface area contributed by atoms with Gasteiger partial charge in [0, 0.05) is 19.3 Å². The molecular weight excluding hydrogens is 391 g/mol. The number of halogens is 2. The topological polar surface area (TPSA) is 43.4 Å². The molecule has 1 aromatic heterocycles. The molecule has 0 aliphatic rings. The lowest BCUT2D eigenvalue weighted by Gasteiger charge is -2.08. The number of thiazole rings is 1. The highest BCUT2D eigenvalue weighted by Crippen LogP contribution is 2.34. The largest absolute Gasteiger partial charge is 0.493 e. The van der Waals surface area contributed by atoms with E-state index in [4.69, 9.17) is 32.7 Å². The molecule has 1 heterocycles. The van der Waals surface area contributed by atoms with Gasteiger partial charge in [-0.15, -0.1) is 11.3 Å². The molecule has 0 aliphatic carbocycles. The summed E-state index contributed by atoms with van der Waals surface area (Å²) < 4.78 is 10.6. The van der Waals surface area contributed by atoms with Crippen molar-refractivity contribution < 1.29 is 9.47 Å².